The zero-order chi connectivity index (χ0) is 18.1. The first-order valence-electron chi connectivity index (χ1n) is 9.76. The van der Waals surface area contributed by atoms with Crippen molar-refractivity contribution in [1.29, 1.82) is 0 Å². The molecule has 6 heteroatoms. The lowest BCUT2D eigenvalue weighted by atomic mass is 9.85. The molecule has 1 saturated carbocycles. The molecule has 138 valence electrons. The third-order valence-corrected chi connectivity index (χ3v) is 5.78. The van der Waals surface area contributed by atoms with Gasteiger partial charge in [0.2, 0.25) is 0 Å². The summed E-state index contributed by atoms with van der Waals surface area (Å²) in [4.78, 5) is 10.9. The van der Waals surface area contributed by atoms with Crippen LogP contribution in [0.4, 0.5) is 11.5 Å². The van der Waals surface area contributed by atoms with Crippen molar-refractivity contribution >= 4 is 11.5 Å². The van der Waals surface area contributed by atoms with Crippen LogP contribution in [0.5, 0.6) is 0 Å². The first-order valence-corrected chi connectivity index (χ1v) is 9.76. The molecule has 0 spiro atoms. The maximum Gasteiger partial charge on any atom is 0.271 e. The molecule has 1 aliphatic carbocycles. The molecule has 26 heavy (non-hydrogen) atoms. The van der Waals surface area contributed by atoms with Gasteiger partial charge in [-0.25, -0.2) is 4.68 Å². The number of aromatic nitrogens is 2. The van der Waals surface area contributed by atoms with Gasteiger partial charge >= 0.3 is 0 Å². The molecule has 1 fully saturated rings. The predicted octanol–water partition coefficient (Wildman–Crippen LogP) is 4.88. The number of anilines is 1. The summed E-state index contributed by atoms with van der Waals surface area (Å²) >= 11 is 0. The number of nitro groups is 1. The quantitative estimate of drug-likeness (QED) is 0.629. The minimum atomic E-state index is -0.333. The Kier molecular flexibility index (Phi) is 4.66. The van der Waals surface area contributed by atoms with Gasteiger partial charge in [0, 0.05) is 30.2 Å². The summed E-state index contributed by atoms with van der Waals surface area (Å²) in [6, 6.07) is 5.04. The molecule has 0 radical (unpaired) electrons. The largest absolute Gasteiger partial charge is 0.370 e. The van der Waals surface area contributed by atoms with Crippen LogP contribution in [0.2, 0.25) is 0 Å². The van der Waals surface area contributed by atoms with Crippen LogP contribution >= 0.6 is 0 Å². The smallest absolute Gasteiger partial charge is 0.271 e. The van der Waals surface area contributed by atoms with Crippen molar-refractivity contribution in [3.05, 3.63) is 45.1 Å². The van der Waals surface area contributed by atoms with Crippen molar-refractivity contribution in [2.45, 2.75) is 64.2 Å². The van der Waals surface area contributed by atoms with Gasteiger partial charge in [-0.3, -0.25) is 10.1 Å². The summed E-state index contributed by atoms with van der Waals surface area (Å²) in [5.74, 6) is 1.57. The van der Waals surface area contributed by atoms with Crippen LogP contribution in [0.1, 0.15) is 67.7 Å². The van der Waals surface area contributed by atoms with E-state index in [2.05, 4.69) is 5.32 Å². The zero-order valence-corrected chi connectivity index (χ0v) is 15.3. The molecule has 0 amide bonds. The second-order valence-electron chi connectivity index (χ2n) is 7.57. The third-order valence-electron chi connectivity index (χ3n) is 5.78. The average molecular weight is 354 g/mol. The normalized spacial score (nSPS) is 18.0. The van der Waals surface area contributed by atoms with Crippen LogP contribution in [0, 0.1) is 17.0 Å². The molecular weight excluding hydrogens is 328 g/mol. The van der Waals surface area contributed by atoms with E-state index in [4.69, 9.17) is 5.10 Å². The van der Waals surface area contributed by atoms with Crippen LogP contribution in [0.15, 0.2) is 18.2 Å². The number of nitro benzene ring substituents is 1. The second kappa shape index (κ2) is 7.09. The summed E-state index contributed by atoms with van der Waals surface area (Å²) in [7, 11) is 0. The lowest BCUT2D eigenvalue weighted by Crippen LogP contribution is -2.09. The Bertz CT molecular complexity index is 821. The minimum Gasteiger partial charge on any atom is -0.370 e. The Morgan fingerprint density at radius 1 is 1.19 bits per heavy atom. The molecular formula is C20H26N4O2. The molecule has 2 heterocycles. The number of non-ortho nitro benzene ring substituents is 1. The summed E-state index contributed by atoms with van der Waals surface area (Å²) in [5, 5.41) is 19.8. The maximum absolute atomic E-state index is 11.3. The van der Waals surface area contributed by atoms with Crippen molar-refractivity contribution in [2.24, 2.45) is 0 Å². The van der Waals surface area contributed by atoms with Gasteiger partial charge in [0.25, 0.3) is 5.69 Å². The Morgan fingerprint density at radius 2 is 2.00 bits per heavy atom. The minimum absolute atomic E-state index is 0.114. The summed E-state index contributed by atoms with van der Waals surface area (Å²) in [6.45, 7) is 2.92. The molecule has 0 unspecified atom stereocenters. The highest BCUT2D eigenvalue weighted by molar-refractivity contribution is 5.58. The lowest BCUT2D eigenvalue weighted by molar-refractivity contribution is -0.384. The second-order valence-corrected chi connectivity index (χ2v) is 7.57. The van der Waals surface area contributed by atoms with Crippen LogP contribution < -0.4 is 5.32 Å². The van der Waals surface area contributed by atoms with Gasteiger partial charge in [0.1, 0.15) is 5.82 Å². The molecule has 4 rings (SSSR count). The zero-order valence-electron chi connectivity index (χ0n) is 15.3. The number of aryl methyl sites for hydroxylation is 1. The standard InChI is InChI=1S/C20H26N4O2/c1-14-10-11-16(24(25)26)13-18(14)23-20-17(9-5-6-12-21-20)19(22-23)15-7-3-2-4-8-15/h10-11,13,15,21H,2-9,12H2,1H3. The van der Waals surface area contributed by atoms with Crippen molar-refractivity contribution in [3.8, 4) is 5.69 Å². The van der Waals surface area contributed by atoms with Gasteiger partial charge in [-0.2, -0.15) is 5.10 Å². The Balaban J connectivity index is 1.85. The first kappa shape index (κ1) is 17.1. The summed E-state index contributed by atoms with van der Waals surface area (Å²) < 4.78 is 1.94. The topological polar surface area (TPSA) is 73.0 Å². The van der Waals surface area contributed by atoms with Crippen molar-refractivity contribution in [1.82, 2.24) is 9.78 Å². The Labute approximate surface area is 153 Å². The number of fused-ring (bicyclic) bond motifs is 1. The lowest BCUT2D eigenvalue weighted by Gasteiger charge is -2.20. The van der Waals surface area contributed by atoms with E-state index in [1.807, 2.05) is 17.7 Å². The molecule has 6 nitrogen and oxygen atoms in total. The summed E-state index contributed by atoms with van der Waals surface area (Å²) in [5.41, 5.74) is 4.48. The molecule has 2 aromatic rings. The number of nitrogens with zero attached hydrogens (tertiary/aromatic N) is 3. The third kappa shape index (κ3) is 3.08. The van der Waals surface area contributed by atoms with Gasteiger partial charge in [0.05, 0.1) is 16.3 Å². The van der Waals surface area contributed by atoms with Crippen LogP contribution in [0.3, 0.4) is 0 Å². The number of hydrogen-bond donors (Lipinski definition) is 1. The number of hydrogen-bond acceptors (Lipinski definition) is 4. The highest BCUT2D eigenvalue weighted by Crippen LogP contribution is 2.39. The average Bonchev–Trinajstić information content (AvgIpc) is 2.84. The number of nitrogens with one attached hydrogen (secondary N) is 1. The van der Waals surface area contributed by atoms with Gasteiger partial charge in [-0.1, -0.05) is 25.3 Å². The maximum atomic E-state index is 11.3. The van der Waals surface area contributed by atoms with Gasteiger partial charge in [0.15, 0.2) is 0 Å². The molecule has 1 aromatic carbocycles. The van der Waals surface area contributed by atoms with E-state index >= 15 is 0 Å². The van der Waals surface area contributed by atoms with Crippen LogP contribution in [0.25, 0.3) is 5.69 Å². The van der Waals surface area contributed by atoms with Gasteiger partial charge < -0.3 is 5.32 Å². The fraction of sp³-hybridized carbons (Fsp3) is 0.550. The fourth-order valence-corrected chi connectivity index (χ4v) is 4.35. The van der Waals surface area contributed by atoms with Crippen LogP contribution in [-0.4, -0.2) is 21.2 Å². The highest BCUT2D eigenvalue weighted by Gasteiger charge is 2.28. The van der Waals surface area contributed by atoms with E-state index in [1.54, 1.807) is 12.1 Å². The molecule has 1 aromatic heterocycles. The Hall–Kier alpha value is -2.37. The van der Waals surface area contributed by atoms with E-state index in [9.17, 15) is 10.1 Å². The van der Waals surface area contributed by atoms with E-state index < -0.39 is 0 Å². The molecule has 2 aliphatic rings. The SMILES string of the molecule is Cc1ccc([N+](=O)[O-])cc1-n1nc(C2CCCCC2)c2c1NCCCC2. The van der Waals surface area contributed by atoms with Crippen molar-refractivity contribution < 1.29 is 4.92 Å². The molecule has 0 atom stereocenters. The van der Waals surface area contributed by atoms with E-state index in [1.165, 1.54) is 49.8 Å². The summed E-state index contributed by atoms with van der Waals surface area (Å²) in [6.07, 6.45) is 9.63. The molecule has 0 saturated heterocycles. The molecule has 1 aliphatic heterocycles. The molecule has 0 bridgehead atoms. The van der Waals surface area contributed by atoms with Gasteiger partial charge in [-0.05, 0) is 44.6 Å². The Morgan fingerprint density at radius 3 is 2.77 bits per heavy atom. The molecule has 1 N–H and O–H groups in total. The van der Waals surface area contributed by atoms with E-state index in [0.717, 1.165) is 36.5 Å². The van der Waals surface area contributed by atoms with E-state index in [0.29, 0.717) is 5.92 Å². The predicted molar refractivity (Wildman–Crippen MR) is 102 cm³/mol. The first-order chi connectivity index (χ1) is 12.6. The van der Waals surface area contributed by atoms with E-state index in [-0.39, 0.29) is 10.6 Å². The number of rotatable bonds is 3. The van der Waals surface area contributed by atoms with Crippen molar-refractivity contribution in [3.63, 3.8) is 0 Å². The highest BCUT2D eigenvalue weighted by atomic mass is 16.6. The van der Waals surface area contributed by atoms with Crippen LogP contribution in [-0.2, 0) is 6.42 Å². The fourth-order valence-electron chi connectivity index (χ4n) is 4.35. The van der Waals surface area contributed by atoms with Crippen molar-refractivity contribution in [2.75, 3.05) is 11.9 Å². The monoisotopic (exact) mass is 354 g/mol. The van der Waals surface area contributed by atoms with Gasteiger partial charge in [-0.15, -0.1) is 0 Å². The number of benzene rings is 1.